The van der Waals surface area contributed by atoms with Crippen LogP contribution in [0.2, 0.25) is 0 Å². The fourth-order valence-electron chi connectivity index (χ4n) is 2.75. The standard InChI is InChI=1S/C15H23N/c1-12-6-4-7-13(10-12)15(2,3)14-8-5-9-16-11-14/h4,6-7,10,14,16H,5,8-9,11H2,1-3H3. The highest BCUT2D eigenvalue weighted by atomic mass is 14.9. The molecule has 1 N–H and O–H groups in total. The maximum absolute atomic E-state index is 3.53. The Morgan fingerprint density at radius 2 is 2.12 bits per heavy atom. The van der Waals surface area contributed by atoms with Crippen LogP contribution in [0.4, 0.5) is 0 Å². The molecule has 1 aliphatic rings. The normalized spacial score (nSPS) is 22.1. The van der Waals surface area contributed by atoms with Crippen molar-refractivity contribution in [3.8, 4) is 0 Å². The van der Waals surface area contributed by atoms with Gasteiger partial charge in [0.15, 0.2) is 0 Å². The van der Waals surface area contributed by atoms with Crippen LogP contribution in [0.1, 0.15) is 37.8 Å². The summed E-state index contributed by atoms with van der Waals surface area (Å²) in [6.07, 6.45) is 2.67. The maximum Gasteiger partial charge on any atom is -0.00122 e. The van der Waals surface area contributed by atoms with E-state index in [9.17, 15) is 0 Å². The number of piperidine rings is 1. The van der Waals surface area contributed by atoms with E-state index in [0.717, 1.165) is 5.92 Å². The zero-order valence-electron chi connectivity index (χ0n) is 10.7. The van der Waals surface area contributed by atoms with E-state index in [1.54, 1.807) is 0 Å². The van der Waals surface area contributed by atoms with Gasteiger partial charge in [0.05, 0.1) is 0 Å². The van der Waals surface area contributed by atoms with Crippen molar-refractivity contribution in [2.24, 2.45) is 5.92 Å². The zero-order chi connectivity index (χ0) is 11.6. The summed E-state index contributed by atoms with van der Waals surface area (Å²) >= 11 is 0. The third-order valence-corrected chi connectivity index (χ3v) is 4.08. The van der Waals surface area contributed by atoms with Gasteiger partial charge in [0.25, 0.3) is 0 Å². The molecule has 2 rings (SSSR count). The third kappa shape index (κ3) is 2.30. The summed E-state index contributed by atoms with van der Waals surface area (Å²) in [5.41, 5.74) is 3.15. The van der Waals surface area contributed by atoms with Crippen LogP contribution in [0.3, 0.4) is 0 Å². The molecule has 1 aromatic rings. The first-order valence-corrected chi connectivity index (χ1v) is 6.38. The Kier molecular flexibility index (Phi) is 3.34. The average molecular weight is 217 g/mol. The van der Waals surface area contributed by atoms with Gasteiger partial charge in [-0.15, -0.1) is 0 Å². The lowest BCUT2D eigenvalue weighted by atomic mass is 9.70. The molecule has 0 amide bonds. The molecule has 0 spiro atoms. The van der Waals surface area contributed by atoms with Crippen LogP contribution in [-0.2, 0) is 5.41 Å². The summed E-state index contributed by atoms with van der Waals surface area (Å²) < 4.78 is 0. The van der Waals surface area contributed by atoms with Crippen LogP contribution >= 0.6 is 0 Å². The first-order chi connectivity index (χ1) is 7.60. The molecule has 0 aliphatic carbocycles. The zero-order valence-corrected chi connectivity index (χ0v) is 10.7. The molecule has 1 aliphatic heterocycles. The van der Waals surface area contributed by atoms with E-state index < -0.39 is 0 Å². The lowest BCUT2D eigenvalue weighted by molar-refractivity contribution is 0.252. The molecule has 0 saturated carbocycles. The molecule has 0 aromatic heterocycles. The predicted molar refractivity (Wildman–Crippen MR) is 69.8 cm³/mol. The first kappa shape index (κ1) is 11.7. The highest BCUT2D eigenvalue weighted by Crippen LogP contribution is 2.35. The summed E-state index contributed by atoms with van der Waals surface area (Å²) in [6, 6.07) is 8.98. The van der Waals surface area contributed by atoms with Crippen LogP contribution in [-0.4, -0.2) is 13.1 Å². The number of nitrogens with one attached hydrogen (secondary N) is 1. The quantitative estimate of drug-likeness (QED) is 0.801. The van der Waals surface area contributed by atoms with E-state index >= 15 is 0 Å². The molecular weight excluding hydrogens is 194 g/mol. The van der Waals surface area contributed by atoms with Crippen LogP contribution in [0.5, 0.6) is 0 Å². The van der Waals surface area contributed by atoms with E-state index in [1.165, 1.54) is 37.1 Å². The van der Waals surface area contributed by atoms with Crippen molar-refractivity contribution in [1.82, 2.24) is 5.32 Å². The molecule has 0 radical (unpaired) electrons. The molecule has 1 fully saturated rings. The van der Waals surface area contributed by atoms with Gasteiger partial charge < -0.3 is 5.32 Å². The molecule has 1 aromatic carbocycles. The van der Waals surface area contributed by atoms with E-state index in [-0.39, 0.29) is 0 Å². The Morgan fingerprint density at radius 3 is 2.75 bits per heavy atom. The maximum atomic E-state index is 3.53. The van der Waals surface area contributed by atoms with Crippen molar-refractivity contribution in [3.63, 3.8) is 0 Å². The van der Waals surface area contributed by atoms with Crippen molar-refractivity contribution in [3.05, 3.63) is 35.4 Å². The average Bonchev–Trinajstić information content (AvgIpc) is 2.30. The number of hydrogen-bond donors (Lipinski definition) is 1. The minimum Gasteiger partial charge on any atom is -0.316 e. The minimum atomic E-state index is 0.291. The lowest BCUT2D eigenvalue weighted by Gasteiger charge is -2.38. The monoisotopic (exact) mass is 217 g/mol. The fraction of sp³-hybridized carbons (Fsp3) is 0.600. The van der Waals surface area contributed by atoms with Crippen LogP contribution in [0.15, 0.2) is 24.3 Å². The smallest absolute Gasteiger partial charge is 0.00122 e. The van der Waals surface area contributed by atoms with E-state index in [1.807, 2.05) is 0 Å². The summed E-state index contributed by atoms with van der Waals surface area (Å²) in [6.45, 7) is 9.32. The van der Waals surface area contributed by atoms with Crippen LogP contribution < -0.4 is 5.32 Å². The summed E-state index contributed by atoms with van der Waals surface area (Å²) in [5.74, 6) is 0.767. The number of hydrogen-bond acceptors (Lipinski definition) is 1. The molecule has 1 unspecified atom stereocenters. The van der Waals surface area contributed by atoms with Gasteiger partial charge in [0.1, 0.15) is 0 Å². The SMILES string of the molecule is Cc1cccc(C(C)(C)C2CCCNC2)c1. The van der Waals surface area contributed by atoms with Crippen molar-refractivity contribution in [1.29, 1.82) is 0 Å². The van der Waals surface area contributed by atoms with Crippen molar-refractivity contribution >= 4 is 0 Å². The topological polar surface area (TPSA) is 12.0 Å². The van der Waals surface area contributed by atoms with Crippen molar-refractivity contribution in [2.45, 2.75) is 39.0 Å². The van der Waals surface area contributed by atoms with Crippen molar-refractivity contribution in [2.75, 3.05) is 13.1 Å². The molecule has 1 heteroatoms. The highest BCUT2D eigenvalue weighted by Gasteiger charge is 2.31. The van der Waals surface area contributed by atoms with Gasteiger partial charge in [-0.1, -0.05) is 43.7 Å². The van der Waals surface area contributed by atoms with E-state index in [2.05, 4.69) is 50.4 Å². The molecule has 0 bridgehead atoms. The largest absolute Gasteiger partial charge is 0.316 e. The minimum absolute atomic E-state index is 0.291. The van der Waals surface area contributed by atoms with Gasteiger partial charge in [-0.05, 0) is 49.8 Å². The van der Waals surface area contributed by atoms with Crippen LogP contribution in [0, 0.1) is 12.8 Å². The van der Waals surface area contributed by atoms with E-state index in [0.29, 0.717) is 5.41 Å². The lowest BCUT2D eigenvalue weighted by Crippen LogP contribution is -2.40. The Labute approximate surface area is 99.3 Å². The number of benzene rings is 1. The Morgan fingerprint density at radius 1 is 1.31 bits per heavy atom. The van der Waals surface area contributed by atoms with Gasteiger partial charge in [-0.25, -0.2) is 0 Å². The van der Waals surface area contributed by atoms with Gasteiger partial charge in [-0.2, -0.15) is 0 Å². The van der Waals surface area contributed by atoms with Crippen molar-refractivity contribution < 1.29 is 0 Å². The summed E-state index contributed by atoms with van der Waals surface area (Å²) in [5, 5.41) is 3.53. The second-order valence-electron chi connectivity index (χ2n) is 5.63. The molecular formula is C15H23N. The summed E-state index contributed by atoms with van der Waals surface area (Å²) in [4.78, 5) is 0. The number of rotatable bonds is 2. The summed E-state index contributed by atoms with van der Waals surface area (Å²) in [7, 11) is 0. The predicted octanol–water partition coefficient (Wildman–Crippen LogP) is 3.27. The highest BCUT2D eigenvalue weighted by molar-refractivity contribution is 5.29. The van der Waals surface area contributed by atoms with Gasteiger partial charge in [-0.3, -0.25) is 0 Å². The Balaban J connectivity index is 2.22. The molecule has 88 valence electrons. The molecule has 1 saturated heterocycles. The van der Waals surface area contributed by atoms with Gasteiger partial charge in [0.2, 0.25) is 0 Å². The Hall–Kier alpha value is -0.820. The van der Waals surface area contributed by atoms with E-state index in [4.69, 9.17) is 0 Å². The molecule has 1 heterocycles. The molecule has 16 heavy (non-hydrogen) atoms. The molecule has 1 nitrogen and oxygen atoms in total. The second-order valence-corrected chi connectivity index (χ2v) is 5.63. The van der Waals surface area contributed by atoms with Gasteiger partial charge in [0, 0.05) is 0 Å². The fourth-order valence-corrected chi connectivity index (χ4v) is 2.75. The number of aryl methyl sites for hydroxylation is 1. The van der Waals surface area contributed by atoms with Crippen LogP contribution in [0.25, 0.3) is 0 Å². The third-order valence-electron chi connectivity index (χ3n) is 4.08. The Bertz CT molecular complexity index is 348. The van der Waals surface area contributed by atoms with Gasteiger partial charge >= 0.3 is 0 Å². The molecule has 1 atom stereocenters. The first-order valence-electron chi connectivity index (χ1n) is 6.38. The second kappa shape index (κ2) is 4.58.